The third-order valence-electron chi connectivity index (χ3n) is 5.72. The minimum atomic E-state index is -1.63. The van der Waals surface area contributed by atoms with Crippen LogP contribution in [0.1, 0.15) is 23.4 Å². The van der Waals surface area contributed by atoms with Crippen molar-refractivity contribution in [1.82, 2.24) is 14.5 Å². The Morgan fingerprint density at radius 2 is 1.61 bits per heavy atom. The first-order chi connectivity index (χ1) is 16.1. The van der Waals surface area contributed by atoms with Crippen LogP contribution in [0.3, 0.4) is 0 Å². The van der Waals surface area contributed by atoms with Gasteiger partial charge in [-0.05, 0) is 28.3 Å². The zero-order chi connectivity index (χ0) is 22.8. The summed E-state index contributed by atoms with van der Waals surface area (Å²) >= 11 is 0. The highest BCUT2D eigenvalue weighted by Crippen LogP contribution is 2.31. The number of rotatable bonds is 5. The van der Waals surface area contributed by atoms with Crippen LogP contribution in [0.15, 0.2) is 85.0 Å². The molecule has 0 saturated heterocycles. The first-order valence-electron chi connectivity index (χ1n) is 10.7. The predicted molar refractivity (Wildman–Crippen MR) is 124 cm³/mol. The van der Waals surface area contributed by atoms with E-state index in [2.05, 4.69) is 40.3 Å². The van der Waals surface area contributed by atoms with Gasteiger partial charge < -0.3 is 4.57 Å². The van der Waals surface area contributed by atoms with Crippen molar-refractivity contribution in [3.63, 3.8) is 0 Å². The van der Waals surface area contributed by atoms with E-state index in [0.29, 0.717) is 24.4 Å². The molecule has 5 rings (SSSR count). The summed E-state index contributed by atoms with van der Waals surface area (Å²) in [6, 6.07) is 20.3. The fraction of sp³-hybridized carbons (Fsp3) is 0.148. The molecule has 2 aromatic carbocycles. The van der Waals surface area contributed by atoms with Gasteiger partial charge in [-0.2, -0.15) is 5.26 Å². The predicted octanol–water partition coefficient (Wildman–Crippen LogP) is 6.14. The van der Waals surface area contributed by atoms with Crippen molar-refractivity contribution in [3.8, 4) is 28.6 Å². The van der Waals surface area contributed by atoms with Crippen LogP contribution in [0.5, 0.6) is 0 Å². The van der Waals surface area contributed by atoms with E-state index in [1.54, 1.807) is 12.2 Å². The normalized spacial score (nSPS) is 15.7. The summed E-state index contributed by atoms with van der Waals surface area (Å²) in [5.74, 6) is -0.593. The number of imidazole rings is 1. The molecule has 0 spiro atoms. The maximum atomic E-state index is 14.2. The Labute approximate surface area is 190 Å². The molecular weight excluding hydrogens is 418 g/mol. The van der Waals surface area contributed by atoms with Crippen molar-refractivity contribution < 1.29 is 8.78 Å². The Morgan fingerprint density at radius 1 is 0.939 bits per heavy atom. The maximum absolute atomic E-state index is 14.2. The number of pyridine rings is 1. The second kappa shape index (κ2) is 8.79. The highest BCUT2D eigenvalue weighted by atomic mass is 19.2. The van der Waals surface area contributed by atoms with Gasteiger partial charge in [-0.15, -0.1) is 0 Å². The second-order valence-corrected chi connectivity index (χ2v) is 8.03. The van der Waals surface area contributed by atoms with Gasteiger partial charge in [-0.25, -0.2) is 18.7 Å². The minimum Gasteiger partial charge on any atom is -0.348 e. The number of fused-ring (bicyclic) bond motifs is 1. The topological polar surface area (TPSA) is 54.5 Å². The Morgan fingerprint density at radius 3 is 2.30 bits per heavy atom. The Balaban J connectivity index is 1.34. The second-order valence-electron chi connectivity index (χ2n) is 8.03. The van der Waals surface area contributed by atoms with Gasteiger partial charge in [0.25, 0.3) is 0 Å². The highest BCUT2D eigenvalue weighted by molar-refractivity contribution is 5.76. The van der Waals surface area contributed by atoms with Crippen LogP contribution in [-0.2, 0) is 13.0 Å². The monoisotopic (exact) mass is 438 g/mol. The number of hydrogen-bond donors (Lipinski definition) is 0. The molecule has 2 aliphatic heterocycles. The lowest BCUT2D eigenvalue weighted by Crippen LogP contribution is -2.06. The van der Waals surface area contributed by atoms with Crippen molar-refractivity contribution in [2.75, 3.05) is 0 Å². The summed E-state index contributed by atoms with van der Waals surface area (Å²) < 4.78 is 29.9. The Hall–Kier alpha value is -4.11. The third kappa shape index (κ3) is 4.31. The molecular formula is C27H20F2N4. The van der Waals surface area contributed by atoms with E-state index in [-0.39, 0.29) is 17.8 Å². The third-order valence-corrected chi connectivity index (χ3v) is 5.72. The largest absolute Gasteiger partial charge is 0.348 e. The van der Waals surface area contributed by atoms with Gasteiger partial charge in [0.05, 0.1) is 23.8 Å². The first-order valence-corrected chi connectivity index (χ1v) is 10.7. The average molecular weight is 438 g/mol. The molecule has 1 atom stereocenters. The van der Waals surface area contributed by atoms with Crippen molar-refractivity contribution in [3.05, 3.63) is 102 Å². The smallest absolute Gasteiger partial charge is 0.163 e. The molecule has 33 heavy (non-hydrogen) atoms. The summed E-state index contributed by atoms with van der Waals surface area (Å²) in [5.41, 5.74) is 5.73. The van der Waals surface area contributed by atoms with E-state index in [9.17, 15) is 8.78 Å². The lowest BCUT2D eigenvalue weighted by Gasteiger charge is -2.10. The van der Waals surface area contributed by atoms with Crippen LogP contribution in [-0.4, -0.2) is 20.7 Å². The lowest BCUT2D eigenvalue weighted by molar-refractivity contribution is 0.328. The first kappa shape index (κ1) is 20.8. The maximum Gasteiger partial charge on any atom is 0.163 e. The van der Waals surface area contributed by atoms with E-state index in [0.717, 1.165) is 22.3 Å². The van der Waals surface area contributed by atoms with E-state index in [1.165, 1.54) is 0 Å². The van der Waals surface area contributed by atoms with Gasteiger partial charge in [0.1, 0.15) is 11.5 Å². The lowest BCUT2D eigenvalue weighted by atomic mass is 10.0. The SMILES string of the molecule is N#CCc1ccc(-c2ccc(Cn3ccc4nc(C5=C(F)C(F)CC=C5)nc-4c3)cc2)cc1. The van der Waals surface area contributed by atoms with Gasteiger partial charge >= 0.3 is 0 Å². The summed E-state index contributed by atoms with van der Waals surface area (Å²) in [4.78, 5) is 8.80. The number of allylic oxidation sites excluding steroid dienone is 4. The van der Waals surface area contributed by atoms with Gasteiger partial charge in [-0.1, -0.05) is 60.7 Å². The number of nitrogens with zero attached hydrogens (tertiary/aromatic N) is 4. The number of nitriles is 1. The minimum absolute atomic E-state index is 0.0425. The zero-order valence-electron chi connectivity index (χ0n) is 17.7. The van der Waals surface area contributed by atoms with Crippen molar-refractivity contribution in [2.45, 2.75) is 25.6 Å². The number of benzene rings is 2. The zero-order valence-corrected chi connectivity index (χ0v) is 17.7. The molecule has 1 aliphatic carbocycles. The van der Waals surface area contributed by atoms with E-state index in [1.807, 2.05) is 47.3 Å². The molecule has 0 aromatic heterocycles. The van der Waals surface area contributed by atoms with Gasteiger partial charge in [-0.3, -0.25) is 0 Å². The summed E-state index contributed by atoms with van der Waals surface area (Å²) in [7, 11) is 0. The molecule has 0 amide bonds. The van der Waals surface area contributed by atoms with E-state index in [4.69, 9.17) is 5.26 Å². The molecule has 0 N–H and O–H groups in total. The molecule has 0 radical (unpaired) electrons. The number of halogens is 2. The molecule has 6 heteroatoms. The van der Waals surface area contributed by atoms with Crippen molar-refractivity contribution in [1.29, 1.82) is 5.26 Å². The summed E-state index contributed by atoms with van der Waals surface area (Å²) in [5, 5.41) is 8.80. The molecule has 4 nitrogen and oxygen atoms in total. The average Bonchev–Trinajstić information content (AvgIpc) is 3.25. The van der Waals surface area contributed by atoms with Crippen molar-refractivity contribution >= 4 is 5.57 Å². The van der Waals surface area contributed by atoms with Crippen LogP contribution < -0.4 is 0 Å². The fourth-order valence-electron chi connectivity index (χ4n) is 3.93. The van der Waals surface area contributed by atoms with Crippen LogP contribution in [0.4, 0.5) is 8.78 Å². The van der Waals surface area contributed by atoms with Gasteiger partial charge in [0, 0.05) is 25.4 Å². The van der Waals surface area contributed by atoms with Gasteiger partial charge in [0.2, 0.25) is 0 Å². The number of alkyl halides is 1. The standard InChI is InChI=1S/C27H20F2N4/c28-23-3-1-2-22(26(23)29)27-31-24-13-15-33(17-25(24)32-27)16-19-6-10-21(11-7-19)20-8-4-18(5-9-20)12-14-30/h1-2,4-11,13,15,17,23H,3,12,16H2. The van der Waals surface area contributed by atoms with Crippen molar-refractivity contribution in [2.24, 2.45) is 0 Å². The molecule has 1 unspecified atom stereocenters. The van der Waals surface area contributed by atoms with Crippen LogP contribution >= 0.6 is 0 Å². The number of hydrogen-bond acceptors (Lipinski definition) is 3. The van der Waals surface area contributed by atoms with Gasteiger partial charge in [0.15, 0.2) is 12.0 Å². The molecule has 2 aromatic rings. The highest BCUT2D eigenvalue weighted by Gasteiger charge is 2.24. The van der Waals surface area contributed by atoms with E-state index < -0.39 is 12.0 Å². The quantitative estimate of drug-likeness (QED) is 0.376. The molecule has 162 valence electrons. The summed E-state index contributed by atoms with van der Waals surface area (Å²) in [6.45, 7) is 0.642. The molecule has 0 saturated carbocycles. The van der Waals surface area contributed by atoms with Crippen LogP contribution in [0.2, 0.25) is 0 Å². The fourth-order valence-corrected chi connectivity index (χ4v) is 3.93. The Kier molecular flexibility index (Phi) is 5.54. The summed E-state index contributed by atoms with van der Waals surface area (Å²) in [6.07, 6.45) is 5.75. The number of aromatic nitrogens is 3. The molecule has 0 bridgehead atoms. The van der Waals surface area contributed by atoms with Crippen LogP contribution in [0, 0.1) is 11.3 Å². The molecule has 0 fully saturated rings. The Bertz CT molecular complexity index is 1360. The molecule has 2 heterocycles. The molecule has 3 aliphatic rings. The van der Waals surface area contributed by atoms with Crippen LogP contribution in [0.25, 0.3) is 28.1 Å². The van der Waals surface area contributed by atoms with E-state index >= 15 is 0 Å².